The van der Waals surface area contributed by atoms with Gasteiger partial charge in [-0.25, -0.2) is 4.98 Å². The summed E-state index contributed by atoms with van der Waals surface area (Å²) in [6, 6.07) is 0.416. The summed E-state index contributed by atoms with van der Waals surface area (Å²) in [7, 11) is 0. The van der Waals surface area contributed by atoms with Crippen molar-refractivity contribution in [3.63, 3.8) is 0 Å². The number of hydrogen-bond donors (Lipinski definition) is 0. The van der Waals surface area contributed by atoms with Crippen molar-refractivity contribution in [1.82, 2.24) is 19.9 Å². The van der Waals surface area contributed by atoms with E-state index in [1.54, 1.807) is 18.6 Å². The number of hydrogen-bond acceptors (Lipinski definition) is 5. The highest BCUT2D eigenvalue weighted by Gasteiger charge is 2.36. The second kappa shape index (κ2) is 6.97. The maximum absolute atomic E-state index is 13.0. The van der Waals surface area contributed by atoms with Crippen LogP contribution < -0.4 is 0 Å². The van der Waals surface area contributed by atoms with Crippen LogP contribution in [0.15, 0.2) is 24.0 Å². The number of carbonyl (C=O) groups excluding carboxylic acids is 1. The van der Waals surface area contributed by atoms with Gasteiger partial charge in [-0.1, -0.05) is 19.3 Å². The van der Waals surface area contributed by atoms with E-state index in [1.165, 1.54) is 43.4 Å². The zero-order valence-corrected chi connectivity index (χ0v) is 14.5. The predicted octanol–water partition coefficient (Wildman–Crippen LogP) is 3.79. The molecular weight excluding hydrogens is 320 g/mol. The maximum Gasteiger partial charge on any atom is 0.273 e. The molecule has 4 rings (SSSR count). The van der Waals surface area contributed by atoms with E-state index in [4.69, 9.17) is 0 Å². The highest BCUT2D eigenvalue weighted by atomic mass is 32.1. The first kappa shape index (κ1) is 15.7. The predicted molar refractivity (Wildman–Crippen MR) is 93.8 cm³/mol. The number of carbonyl (C=O) groups is 1. The highest BCUT2D eigenvalue weighted by molar-refractivity contribution is 7.13. The Morgan fingerprint density at radius 1 is 1.12 bits per heavy atom. The van der Waals surface area contributed by atoms with E-state index in [0.29, 0.717) is 17.7 Å². The van der Waals surface area contributed by atoms with Crippen LogP contribution in [0.4, 0.5) is 0 Å². The van der Waals surface area contributed by atoms with Gasteiger partial charge in [0.1, 0.15) is 16.4 Å². The standard InChI is InChI=1S/C18H22N4OS/c23-18(15-12-24-17(21-15)14-11-19-8-9-20-14)22-10-4-7-16(22)13-5-2-1-3-6-13/h8-9,11-13,16H,1-7,10H2. The third-order valence-corrected chi connectivity index (χ3v) is 6.12. The Hall–Kier alpha value is -1.82. The minimum atomic E-state index is 0.0921. The SMILES string of the molecule is O=C(c1csc(-c2cnccn2)n1)N1CCCC1C1CCCCC1. The lowest BCUT2D eigenvalue weighted by Crippen LogP contribution is -2.40. The van der Waals surface area contributed by atoms with Gasteiger partial charge in [0.25, 0.3) is 5.91 Å². The summed E-state index contributed by atoms with van der Waals surface area (Å²) in [6.07, 6.45) is 13.8. The van der Waals surface area contributed by atoms with Gasteiger partial charge >= 0.3 is 0 Å². The maximum atomic E-state index is 13.0. The van der Waals surface area contributed by atoms with Crippen molar-refractivity contribution in [1.29, 1.82) is 0 Å². The van der Waals surface area contributed by atoms with Crippen molar-refractivity contribution >= 4 is 17.2 Å². The van der Waals surface area contributed by atoms with Crippen molar-refractivity contribution in [3.8, 4) is 10.7 Å². The Balaban J connectivity index is 1.51. The summed E-state index contributed by atoms with van der Waals surface area (Å²) in [6.45, 7) is 0.873. The van der Waals surface area contributed by atoms with Gasteiger partial charge in [0.2, 0.25) is 0 Å². The molecule has 1 amide bonds. The molecule has 126 valence electrons. The van der Waals surface area contributed by atoms with Crippen LogP contribution in [-0.4, -0.2) is 38.3 Å². The quantitative estimate of drug-likeness (QED) is 0.851. The number of nitrogens with zero attached hydrogens (tertiary/aromatic N) is 4. The zero-order valence-electron chi connectivity index (χ0n) is 13.7. The third-order valence-electron chi connectivity index (χ3n) is 5.26. The molecule has 2 aliphatic rings. The molecule has 1 aliphatic carbocycles. The summed E-state index contributed by atoms with van der Waals surface area (Å²) in [4.78, 5) is 27.9. The monoisotopic (exact) mass is 342 g/mol. The lowest BCUT2D eigenvalue weighted by atomic mass is 9.83. The van der Waals surface area contributed by atoms with Crippen molar-refractivity contribution < 1.29 is 4.79 Å². The molecule has 1 unspecified atom stereocenters. The van der Waals surface area contributed by atoms with Crippen LogP contribution in [0.1, 0.15) is 55.4 Å². The summed E-state index contributed by atoms with van der Waals surface area (Å²) < 4.78 is 0. The van der Waals surface area contributed by atoms with Gasteiger partial charge in [0, 0.05) is 30.4 Å². The molecule has 0 spiro atoms. The molecule has 2 aromatic rings. The first-order valence-corrected chi connectivity index (χ1v) is 9.74. The molecule has 3 heterocycles. The topological polar surface area (TPSA) is 59.0 Å². The van der Waals surface area contributed by atoms with Crippen LogP contribution in [0.5, 0.6) is 0 Å². The van der Waals surface area contributed by atoms with Gasteiger partial charge in [-0.2, -0.15) is 0 Å². The Kier molecular flexibility index (Phi) is 4.56. The van der Waals surface area contributed by atoms with Crippen LogP contribution in [0.25, 0.3) is 10.7 Å². The fraction of sp³-hybridized carbons (Fsp3) is 0.556. The molecule has 1 saturated carbocycles. The molecule has 5 nitrogen and oxygen atoms in total. The Morgan fingerprint density at radius 2 is 2.00 bits per heavy atom. The minimum absolute atomic E-state index is 0.0921. The normalized spacial score (nSPS) is 22.0. The number of rotatable bonds is 3. The van der Waals surface area contributed by atoms with E-state index >= 15 is 0 Å². The lowest BCUT2D eigenvalue weighted by Gasteiger charge is -2.33. The van der Waals surface area contributed by atoms with E-state index in [-0.39, 0.29) is 5.91 Å². The molecule has 0 radical (unpaired) electrons. The molecule has 1 saturated heterocycles. The molecule has 0 N–H and O–H groups in total. The molecule has 0 bridgehead atoms. The number of amides is 1. The van der Waals surface area contributed by atoms with Crippen LogP contribution in [0, 0.1) is 5.92 Å². The minimum Gasteiger partial charge on any atom is -0.334 e. The molecule has 24 heavy (non-hydrogen) atoms. The Labute approximate surface area is 146 Å². The average molecular weight is 342 g/mol. The first-order chi connectivity index (χ1) is 11.8. The molecule has 0 aromatic carbocycles. The van der Waals surface area contributed by atoms with E-state index in [1.807, 2.05) is 5.38 Å². The van der Waals surface area contributed by atoms with Crippen LogP contribution in [0.2, 0.25) is 0 Å². The Bertz CT molecular complexity index is 696. The van der Waals surface area contributed by atoms with Crippen molar-refractivity contribution in [2.75, 3.05) is 6.54 Å². The van der Waals surface area contributed by atoms with Crippen molar-refractivity contribution in [2.24, 2.45) is 5.92 Å². The van der Waals surface area contributed by atoms with E-state index in [2.05, 4.69) is 19.9 Å². The molecule has 2 fully saturated rings. The summed E-state index contributed by atoms with van der Waals surface area (Å²) in [5, 5.41) is 2.63. The number of aromatic nitrogens is 3. The zero-order chi connectivity index (χ0) is 16.4. The van der Waals surface area contributed by atoms with Crippen molar-refractivity contribution in [2.45, 2.75) is 51.0 Å². The summed E-state index contributed by atoms with van der Waals surface area (Å²) >= 11 is 1.47. The summed E-state index contributed by atoms with van der Waals surface area (Å²) in [5.41, 5.74) is 1.29. The Morgan fingerprint density at radius 3 is 2.79 bits per heavy atom. The van der Waals surface area contributed by atoms with Gasteiger partial charge in [0.15, 0.2) is 0 Å². The summed E-state index contributed by atoms with van der Waals surface area (Å²) in [5.74, 6) is 0.776. The second-order valence-corrected chi connectivity index (χ2v) is 7.59. The van der Waals surface area contributed by atoms with E-state index < -0.39 is 0 Å². The molecule has 6 heteroatoms. The van der Waals surface area contributed by atoms with Crippen LogP contribution >= 0.6 is 11.3 Å². The molecule has 2 aromatic heterocycles. The fourth-order valence-electron chi connectivity index (χ4n) is 4.10. The van der Waals surface area contributed by atoms with Gasteiger partial charge < -0.3 is 4.90 Å². The second-order valence-electron chi connectivity index (χ2n) is 6.73. The van der Waals surface area contributed by atoms with Gasteiger partial charge in [-0.15, -0.1) is 11.3 Å². The average Bonchev–Trinajstić information content (AvgIpc) is 3.32. The smallest absolute Gasteiger partial charge is 0.273 e. The van der Waals surface area contributed by atoms with E-state index in [9.17, 15) is 4.79 Å². The lowest BCUT2D eigenvalue weighted by molar-refractivity contribution is 0.0656. The van der Waals surface area contributed by atoms with Gasteiger partial charge in [-0.3, -0.25) is 14.8 Å². The highest BCUT2D eigenvalue weighted by Crippen LogP contribution is 2.35. The number of likely N-dealkylation sites (tertiary alicyclic amines) is 1. The van der Waals surface area contributed by atoms with Crippen molar-refractivity contribution in [3.05, 3.63) is 29.7 Å². The van der Waals surface area contributed by atoms with Crippen LogP contribution in [-0.2, 0) is 0 Å². The molecular formula is C18H22N4OS. The van der Waals surface area contributed by atoms with Gasteiger partial charge in [0.05, 0.1) is 6.20 Å². The van der Waals surface area contributed by atoms with Gasteiger partial charge in [-0.05, 0) is 31.6 Å². The largest absolute Gasteiger partial charge is 0.334 e. The van der Waals surface area contributed by atoms with E-state index in [0.717, 1.165) is 30.1 Å². The third kappa shape index (κ3) is 3.07. The number of thiazole rings is 1. The fourth-order valence-corrected chi connectivity index (χ4v) is 4.85. The molecule has 1 atom stereocenters. The molecule has 1 aliphatic heterocycles. The first-order valence-electron chi connectivity index (χ1n) is 8.86. The van der Waals surface area contributed by atoms with Crippen LogP contribution in [0.3, 0.4) is 0 Å².